The maximum Gasteiger partial charge on any atom is 0.280 e. The zero-order valence-electron chi connectivity index (χ0n) is 17.9. The Hall–Kier alpha value is -2.62. The second-order valence-corrected chi connectivity index (χ2v) is 9.59. The predicted molar refractivity (Wildman–Crippen MR) is 131 cm³/mol. The number of rotatable bonds is 7. The maximum atomic E-state index is 13.4. The summed E-state index contributed by atoms with van der Waals surface area (Å²) in [7, 11) is 0. The van der Waals surface area contributed by atoms with Gasteiger partial charge in [-0.2, -0.15) is 5.10 Å². The molecule has 32 heavy (non-hydrogen) atoms. The van der Waals surface area contributed by atoms with Crippen molar-refractivity contribution in [3.63, 3.8) is 0 Å². The van der Waals surface area contributed by atoms with Gasteiger partial charge in [0, 0.05) is 22.1 Å². The fourth-order valence-corrected chi connectivity index (χ4v) is 5.04. The normalized spacial score (nSPS) is 11.2. The van der Waals surface area contributed by atoms with Crippen molar-refractivity contribution in [2.24, 2.45) is 0 Å². The van der Waals surface area contributed by atoms with Crippen LogP contribution in [0, 0.1) is 13.8 Å². The van der Waals surface area contributed by atoms with Crippen LogP contribution in [0.2, 0.25) is 5.02 Å². The number of nitrogens with one attached hydrogen (secondary N) is 1. The minimum atomic E-state index is -0.196. The molecule has 1 N–H and O–H groups in total. The maximum absolute atomic E-state index is 13.4. The molecule has 0 aliphatic heterocycles. The summed E-state index contributed by atoms with van der Waals surface area (Å²) in [5.74, 6) is -0.0895. The van der Waals surface area contributed by atoms with E-state index in [9.17, 15) is 9.59 Å². The topological polar surface area (TPSA) is 81.8 Å². The second-order valence-electron chi connectivity index (χ2n) is 7.21. The summed E-state index contributed by atoms with van der Waals surface area (Å²) in [6.45, 7) is 6.61. The van der Waals surface area contributed by atoms with E-state index in [0.29, 0.717) is 45.7 Å². The standard InChI is InChI=1S/C22H22ClN5O2S2/c1-4-28-20-19(14(3)26-28)25-22(27(21(20)30)11-15-7-6-10-31-15)32-12-18(29)24-17-9-5-8-16(23)13(17)2/h5-10H,4,11-12H2,1-3H3,(H,24,29). The lowest BCUT2D eigenvalue weighted by molar-refractivity contribution is -0.113. The molecule has 7 nitrogen and oxygen atoms in total. The summed E-state index contributed by atoms with van der Waals surface area (Å²) in [5.41, 5.74) is 3.09. The number of amides is 1. The van der Waals surface area contributed by atoms with Crippen LogP contribution < -0.4 is 10.9 Å². The van der Waals surface area contributed by atoms with Gasteiger partial charge < -0.3 is 5.32 Å². The summed E-state index contributed by atoms with van der Waals surface area (Å²) >= 11 is 8.96. The summed E-state index contributed by atoms with van der Waals surface area (Å²) in [6.07, 6.45) is 0. The highest BCUT2D eigenvalue weighted by molar-refractivity contribution is 7.99. The summed E-state index contributed by atoms with van der Waals surface area (Å²) in [5, 5.41) is 10.4. The summed E-state index contributed by atoms with van der Waals surface area (Å²) in [4.78, 5) is 31.8. The molecule has 0 bridgehead atoms. The summed E-state index contributed by atoms with van der Waals surface area (Å²) in [6, 6.07) is 9.31. The first-order valence-electron chi connectivity index (χ1n) is 10.1. The van der Waals surface area contributed by atoms with E-state index in [0.717, 1.165) is 10.4 Å². The molecule has 0 saturated carbocycles. The molecule has 1 aromatic carbocycles. The third-order valence-electron chi connectivity index (χ3n) is 5.05. The molecule has 4 aromatic rings. The molecule has 0 aliphatic carbocycles. The van der Waals surface area contributed by atoms with Gasteiger partial charge in [0.25, 0.3) is 5.56 Å². The third-order valence-corrected chi connectivity index (χ3v) is 7.30. The Morgan fingerprint density at radius 1 is 1.25 bits per heavy atom. The molecule has 0 saturated heterocycles. The second kappa shape index (κ2) is 9.48. The molecule has 10 heteroatoms. The number of carbonyl (C=O) groups is 1. The van der Waals surface area contributed by atoms with Crippen molar-refractivity contribution in [2.45, 2.75) is 39.0 Å². The zero-order valence-corrected chi connectivity index (χ0v) is 20.3. The number of thiophene rings is 1. The number of aromatic nitrogens is 4. The van der Waals surface area contributed by atoms with Gasteiger partial charge in [-0.1, -0.05) is 35.5 Å². The molecule has 0 spiro atoms. The molecular weight excluding hydrogens is 466 g/mol. The lowest BCUT2D eigenvalue weighted by Gasteiger charge is -2.13. The smallest absolute Gasteiger partial charge is 0.280 e. The van der Waals surface area contributed by atoms with Gasteiger partial charge >= 0.3 is 0 Å². The number of aryl methyl sites for hydroxylation is 2. The van der Waals surface area contributed by atoms with Crippen molar-refractivity contribution < 1.29 is 4.79 Å². The van der Waals surface area contributed by atoms with E-state index in [-0.39, 0.29) is 17.2 Å². The van der Waals surface area contributed by atoms with Crippen LogP contribution in [-0.4, -0.2) is 31.0 Å². The van der Waals surface area contributed by atoms with Crippen molar-refractivity contribution in [2.75, 3.05) is 11.1 Å². The number of nitrogens with zero attached hydrogens (tertiary/aromatic N) is 4. The fourth-order valence-electron chi connectivity index (χ4n) is 3.38. The monoisotopic (exact) mass is 487 g/mol. The third kappa shape index (κ3) is 4.46. The minimum Gasteiger partial charge on any atom is -0.325 e. The number of hydrogen-bond donors (Lipinski definition) is 1. The molecule has 0 radical (unpaired) electrons. The quantitative estimate of drug-likeness (QED) is 0.301. The van der Waals surface area contributed by atoms with Gasteiger partial charge in [-0.15, -0.1) is 11.3 Å². The van der Waals surface area contributed by atoms with Crippen molar-refractivity contribution in [1.82, 2.24) is 19.3 Å². The number of halogens is 1. The lowest BCUT2D eigenvalue weighted by Crippen LogP contribution is -2.26. The number of thioether (sulfide) groups is 1. The number of hydrogen-bond acceptors (Lipinski definition) is 6. The van der Waals surface area contributed by atoms with Crippen molar-refractivity contribution in [3.8, 4) is 0 Å². The number of benzene rings is 1. The van der Waals surface area contributed by atoms with E-state index in [1.54, 1.807) is 32.7 Å². The zero-order chi connectivity index (χ0) is 22.8. The molecular formula is C22H22ClN5O2S2. The highest BCUT2D eigenvalue weighted by Crippen LogP contribution is 2.25. The average Bonchev–Trinajstić information content (AvgIpc) is 3.40. The van der Waals surface area contributed by atoms with Gasteiger partial charge in [0.1, 0.15) is 5.52 Å². The van der Waals surface area contributed by atoms with E-state index in [1.165, 1.54) is 11.8 Å². The van der Waals surface area contributed by atoms with Crippen molar-refractivity contribution in [3.05, 3.63) is 67.2 Å². The molecule has 0 atom stereocenters. The highest BCUT2D eigenvalue weighted by atomic mass is 35.5. The summed E-state index contributed by atoms with van der Waals surface area (Å²) < 4.78 is 3.32. The van der Waals surface area contributed by atoms with Gasteiger partial charge in [0.2, 0.25) is 5.91 Å². The van der Waals surface area contributed by atoms with E-state index in [4.69, 9.17) is 16.6 Å². The van der Waals surface area contributed by atoms with E-state index in [1.807, 2.05) is 44.4 Å². The first-order valence-corrected chi connectivity index (χ1v) is 12.3. The van der Waals surface area contributed by atoms with Gasteiger partial charge in [-0.05, 0) is 49.9 Å². The van der Waals surface area contributed by atoms with Gasteiger partial charge in [0.05, 0.1) is 18.0 Å². The van der Waals surface area contributed by atoms with E-state index in [2.05, 4.69) is 10.4 Å². The van der Waals surface area contributed by atoms with Crippen LogP contribution in [0.4, 0.5) is 5.69 Å². The Morgan fingerprint density at radius 2 is 2.06 bits per heavy atom. The molecule has 166 valence electrons. The van der Waals surface area contributed by atoms with Crippen molar-refractivity contribution >= 4 is 57.3 Å². The van der Waals surface area contributed by atoms with Crippen LogP contribution >= 0.6 is 34.7 Å². The fraction of sp³-hybridized carbons (Fsp3) is 0.273. The molecule has 1 amide bonds. The number of anilines is 1. The molecule has 0 fully saturated rings. The Kier molecular flexibility index (Phi) is 6.68. The first-order chi connectivity index (χ1) is 15.4. The predicted octanol–water partition coefficient (Wildman–Crippen LogP) is 4.72. The van der Waals surface area contributed by atoms with E-state index < -0.39 is 0 Å². The Morgan fingerprint density at radius 3 is 2.78 bits per heavy atom. The Bertz CT molecular complexity index is 1340. The molecule has 0 aliphatic rings. The van der Waals surface area contributed by atoms with Crippen LogP contribution in [0.3, 0.4) is 0 Å². The van der Waals surface area contributed by atoms with E-state index >= 15 is 0 Å². The van der Waals surface area contributed by atoms with Crippen LogP contribution in [0.15, 0.2) is 45.7 Å². The molecule has 3 aromatic heterocycles. The molecule has 4 rings (SSSR count). The highest BCUT2D eigenvalue weighted by Gasteiger charge is 2.19. The first kappa shape index (κ1) is 22.6. The Balaban J connectivity index is 1.66. The Labute approximate surface area is 198 Å². The van der Waals surface area contributed by atoms with Gasteiger partial charge in [-0.25, -0.2) is 4.98 Å². The number of carbonyl (C=O) groups excluding carboxylic acids is 1. The van der Waals surface area contributed by atoms with Gasteiger partial charge in [0.15, 0.2) is 10.7 Å². The van der Waals surface area contributed by atoms with Gasteiger partial charge in [-0.3, -0.25) is 18.8 Å². The number of fused-ring (bicyclic) bond motifs is 1. The minimum absolute atomic E-state index is 0.106. The van der Waals surface area contributed by atoms with Crippen LogP contribution in [0.25, 0.3) is 11.0 Å². The van der Waals surface area contributed by atoms with Crippen LogP contribution in [-0.2, 0) is 17.9 Å². The SMILES string of the molecule is CCn1nc(C)c2nc(SCC(=O)Nc3cccc(Cl)c3C)n(Cc3cccs3)c(=O)c21. The largest absolute Gasteiger partial charge is 0.325 e. The van der Waals surface area contributed by atoms with Crippen molar-refractivity contribution in [1.29, 1.82) is 0 Å². The molecule has 0 unspecified atom stereocenters. The van der Waals surface area contributed by atoms with Crippen LogP contribution in [0.1, 0.15) is 23.1 Å². The average molecular weight is 488 g/mol. The lowest BCUT2D eigenvalue weighted by atomic mass is 10.2. The van der Waals surface area contributed by atoms with Crippen LogP contribution in [0.5, 0.6) is 0 Å². The molecule has 3 heterocycles.